The Bertz CT molecular complexity index is 4360. The van der Waals surface area contributed by atoms with Crippen molar-refractivity contribution >= 4 is 104 Å². The number of halogens is 4. The monoisotopic (exact) mass is 1900 g/mol. The van der Waals surface area contributed by atoms with E-state index in [2.05, 4.69) is 30.5 Å². The smallest absolute Gasteiger partial charge is 0.323 e. The average Bonchev–Trinajstić information content (AvgIpc) is 0.851. The maximum atomic E-state index is 13.0. The first-order chi connectivity index (χ1) is 57.7. The molecule has 0 bridgehead atoms. The SMILES string of the molecule is CC(C)COC(=O)[C@H](C)NP(=O)(Oc1ccccc1)C(C)C.CC(C)P(=O)(N[C@@H](C)C(=O)CO)Oc1ccc(Cl)cc1.CC(C)P(=O)(N[C@@H](C)C(=O)CO)Oc1ccc(F)cc1.CCOC(=O)[C@H](C)NP(=O)(Oc1ccc(Cl)cc1)C(C)C.CCOC(=O)[C@H](C)NP(=O)(Oc1ccc(F)cc1)C(C)C.Cc1ccccc1OP(=O)(N[C@@H](C)C(=O)CO)C(C)C. The van der Waals surface area contributed by atoms with E-state index in [9.17, 15) is 64.9 Å². The second-order valence-electron chi connectivity index (χ2n) is 30.1. The maximum absolute atomic E-state index is 13.0. The fourth-order valence-electron chi connectivity index (χ4n) is 9.05. The van der Waals surface area contributed by atoms with Crippen molar-refractivity contribution < 1.29 is 122 Å². The standard InChI is InChI=1S/C16H26NO4P.C14H21ClNO4P.C14H21FNO4P.C14H22NO4P.C13H19ClNO4P.C13H19FNO4P/c1-12(2)11-20-16(18)14(5)17-22(19,13(3)4)21-15-9-7-6-8-10-15;2*1-5-19-14(17)11(4)16-21(18,10(2)3)20-13-8-6-12(15)7-9-13;1-10(2)20(18,15-12(4)13(17)9-16)19-14-8-6-5-7-11(14)3;2*1-9(2)20(18,15-10(3)13(17)8-16)19-12-6-4-11(14)5-7-12/h6-10,12-14H,11H2,1-5H3,(H,17,19);2*6-11H,5H2,1-4H3,(H,16,18);5-8,10,12,16H,9H2,1-4H3,(H,15,18);2*4-7,9-10,16H,8H2,1-3H3,(H,15,18)/t14-,22?;2*11-,21?;12-,20?;2*10-,20?/m000000/s1. The molecule has 0 heterocycles. The number of rotatable bonds is 43. The van der Waals surface area contributed by atoms with Gasteiger partial charge in [0.2, 0.25) is 0 Å². The summed E-state index contributed by atoms with van der Waals surface area (Å²) in [4.78, 5) is 69.4. The molecule has 0 saturated carbocycles. The van der Waals surface area contributed by atoms with Crippen LogP contribution in [0.2, 0.25) is 10.0 Å². The number of nitrogens with one attached hydrogen (secondary N) is 6. The summed E-state index contributed by atoms with van der Waals surface area (Å²) in [5.41, 5.74) is -1.07. The first kappa shape index (κ1) is 115. The summed E-state index contributed by atoms with van der Waals surface area (Å²) in [5.74, 6) is -0.893. The Hall–Kier alpha value is -7.00. The van der Waals surface area contributed by atoms with Gasteiger partial charge >= 0.3 is 63.0 Å². The first-order valence-electron chi connectivity index (χ1n) is 40.1. The van der Waals surface area contributed by atoms with Crippen LogP contribution in [0.25, 0.3) is 0 Å². The lowest BCUT2D eigenvalue weighted by Crippen LogP contribution is -2.37. The van der Waals surface area contributed by atoms with Gasteiger partial charge in [-0.25, -0.2) is 39.3 Å². The fraction of sp³-hybridized carbons (Fsp3) is 0.500. The second-order valence-corrected chi connectivity index (χ2v) is 47.0. The third kappa shape index (κ3) is 41.8. The summed E-state index contributed by atoms with van der Waals surface area (Å²) in [5, 5.41) is 44.0. The highest BCUT2D eigenvalue weighted by Crippen LogP contribution is 2.53. The Labute approximate surface area is 739 Å². The maximum Gasteiger partial charge on any atom is 0.323 e. The predicted molar refractivity (Wildman–Crippen MR) is 484 cm³/mol. The third-order valence-electron chi connectivity index (χ3n) is 17.0. The van der Waals surface area contributed by atoms with Gasteiger partial charge < -0.3 is 56.7 Å². The summed E-state index contributed by atoms with van der Waals surface area (Å²) >= 11 is 11.6. The van der Waals surface area contributed by atoms with Crippen molar-refractivity contribution in [2.24, 2.45) is 5.92 Å². The van der Waals surface area contributed by atoms with E-state index in [-0.39, 0.29) is 64.6 Å². The minimum Gasteiger partial charge on any atom is -0.465 e. The van der Waals surface area contributed by atoms with Crippen LogP contribution in [-0.4, -0.2) is 160 Å². The lowest BCUT2D eigenvalue weighted by Gasteiger charge is -2.27. The predicted octanol–water partition coefficient (Wildman–Crippen LogP) is 18.8. The van der Waals surface area contributed by atoms with Crippen molar-refractivity contribution in [2.75, 3.05) is 39.6 Å². The molecule has 0 aliphatic rings. The first-order valence-corrected chi connectivity index (χ1v) is 51.1. The van der Waals surface area contributed by atoms with Crippen LogP contribution in [0.5, 0.6) is 34.5 Å². The van der Waals surface area contributed by atoms with Gasteiger partial charge in [-0.1, -0.05) is 157 Å². The van der Waals surface area contributed by atoms with Gasteiger partial charge in [0.05, 0.1) is 71.9 Å². The number of aliphatic hydroxyl groups excluding tert-OH is 3. The molecule has 40 heteroatoms. The quantitative estimate of drug-likeness (QED) is 0.00975. The Balaban J connectivity index is 0.000000744. The van der Waals surface area contributed by atoms with E-state index >= 15 is 0 Å². The molecule has 0 radical (unpaired) electrons. The average molecular weight is 1900 g/mol. The van der Waals surface area contributed by atoms with Gasteiger partial charge in [0, 0.05) is 10.0 Å². The van der Waals surface area contributed by atoms with E-state index in [1.54, 1.807) is 216 Å². The molecule has 0 spiro atoms. The number of esters is 3. The molecule has 124 heavy (non-hydrogen) atoms. The van der Waals surface area contributed by atoms with Crippen LogP contribution < -0.4 is 57.7 Å². The molecule has 6 rings (SSSR count). The van der Waals surface area contributed by atoms with Crippen molar-refractivity contribution in [3.8, 4) is 34.5 Å². The van der Waals surface area contributed by atoms with Crippen LogP contribution in [0.1, 0.15) is 158 Å². The largest absolute Gasteiger partial charge is 0.465 e. The van der Waals surface area contributed by atoms with Crippen molar-refractivity contribution in [3.63, 3.8) is 0 Å². The van der Waals surface area contributed by atoms with E-state index in [4.69, 9.17) is 79.9 Å². The number of hydrogen-bond donors (Lipinski definition) is 9. The zero-order valence-electron chi connectivity index (χ0n) is 74.8. The number of ketones is 3. The number of benzene rings is 6. The number of aliphatic hydroxyl groups is 3. The molecule has 0 amide bonds. The summed E-state index contributed by atoms with van der Waals surface area (Å²) in [6.07, 6.45) is 0. The molecule has 696 valence electrons. The van der Waals surface area contributed by atoms with Crippen molar-refractivity contribution in [1.29, 1.82) is 0 Å². The molecular formula is C84H128Cl2F2N6O24P6. The minimum atomic E-state index is -3.36. The molecule has 0 aliphatic heterocycles. The van der Waals surface area contributed by atoms with Gasteiger partial charge in [0.25, 0.3) is 0 Å². The highest BCUT2D eigenvalue weighted by molar-refractivity contribution is 7.59. The molecule has 9 N–H and O–H groups in total. The number of carbonyl (C=O) groups excluding carboxylic acids is 6. The summed E-state index contributed by atoms with van der Waals surface area (Å²) in [6, 6.07) is 35.1. The van der Waals surface area contributed by atoms with Crippen molar-refractivity contribution in [2.45, 2.75) is 229 Å². The van der Waals surface area contributed by atoms with Gasteiger partial charge in [-0.2, -0.15) is 0 Å². The minimum absolute atomic E-state index is 0.246. The second kappa shape index (κ2) is 56.3. The molecule has 6 unspecified atom stereocenters. The number of hydrogen-bond acceptors (Lipinski definition) is 24. The van der Waals surface area contributed by atoms with Crippen molar-refractivity contribution in [3.05, 3.63) is 179 Å². The van der Waals surface area contributed by atoms with Crippen LogP contribution in [0, 0.1) is 24.5 Å². The molecule has 0 aliphatic carbocycles. The molecule has 30 nitrogen and oxygen atoms in total. The normalized spacial score (nSPS) is 15.5. The van der Waals surface area contributed by atoms with Gasteiger partial charge in [-0.15, -0.1) is 0 Å². The fourth-order valence-corrected chi connectivity index (χ4v) is 19.3. The number of aryl methyl sites for hydroxylation is 1. The Kier molecular flexibility index (Phi) is 52.3. The zero-order chi connectivity index (χ0) is 94.8. The zero-order valence-corrected chi connectivity index (χ0v) is 81.7. The molecule has 12 atom stereocenters. The van der Waals surface area contributed by atoms with E-state index in [0.717, 1.165) is 5.56 Å². The Morgan fingerprint density at radius 1 is 0.323 bits per heavy atom. The third-order valence-corrected chi connectivity index (χ3v) is 33.0. The van der Waals surface area contributed by atoms with Gasteiger partial charge in [-0.3, -0.25) is 56.2 Å². The molecule has 0 fully saturated rings. The number of para-hydroxylation sites is 2. The lowest BCUT2D eigenvalue weighted by atomic mass is 10.2. The van der Waals surface area contributed by atoms with Crippen LogP contribution in [0.3, 0.4) is 0 Å². The number of carbonyl (C=O) groups is 6. The van der Waals surface area contributed by atoms with Crippen molar-refractivity contribution in [1.82, 2.24) is 30.5 Å². The Morgan fingerprint density at radius 3 is 0.790 bits per heavy atom. The molecule has 6 aromatic carbocycles. The van der Waals surface area contributed by atoms with Gasteiger partial charge in [0.15, 0.2) is 17.3 Å². The summed E-state index contributed by atoms with van der Waals surface area (Å²) < 4.78 is 151. The topological polar surface area (TPSA) is 421 Å². The van der Waals surface area contributed by atoms with Crippen LogP contribution in [0.15, 0.2) is 152 Å². The van der Waals surface area contributed by atoms with Crippen LogP contribution in [-0.2, 0) is 70.4 Å². The number of Topliss-reactive ketones (excluding diaryl/α,β-unsaturated/α-hetero) is 3. The van der Waals surface area contributed by atoms with E-state index < -0.39 is 148 Å². The van der Waals surface area contributed by atoms with Crippen LogP contribution in [0.4, 0.5) is 8.78 Å². The van der Waals surface area contributed by atoms with Gasteiger partial charge in [-0.05, 0) is 189 Å². The van der Waals surface area contributed by atoms with Gasteiger partial charge in [0.1, 0.15) is 84.1 Å². The molecule has 0 saturated heterocycles. The molecule has 0 aromatic heterocycles. The molecule has 6 aromatic rings. The summed E-state index contributed by atoms with van der Waals surface area (Å²) in [6.45, 7) is 38.6. The Morgan fingerprint density at radius 2 is 0.548 bits per heavy atom. The van der Waals surface area contributed by atoms with E-state index in [1.807, 2.05) is 39.0 Å². The summed E-state index contributed by atoms with van der Waals surface area (Å²) in [7, 11) is -19.7. The van der Waals surface area contributed by atoms with Crippen LogP contribution >= 0.6 is 68.3 Å². The highest BCUT2D eigenvalue weighted by atomic mass is 35.5. The molecular weight excluding hydrogens is 1770 g/mol. The highest BCUT2D eigenvalue weighted by Gasteiger charge is 2.39. The lowest BCUT2D eigenvalue weighted by molar-refractivity contribution is -0.146. The van der Waals surface area contributed by atoms with E-state index in [1.165, 1.54) is 55.5 Å². The number of ether oxygens (including phenoxy) is 3. The van der Waals surface area contributed by atoms with E-state index in [0.29, 0.717) is 39.7 Å².